The van der Waals surface area contributed by atoms with Crippen molar-refractivity contribution in [2.45, 2.75) is 38.6 Å². The smallest absolute Gasteiger partial charge is 0.308 e. The van der Waals surface area contributed by atoms with E-state index >= 15 is 0 Å². The highest BCUT2D eigenvalue weighted by atomic mass is 16.4. The van der Waals surface area contributed by atoms with Crippen LogP contribution in [0.1, 0.15) is 32.6 Å². The van der Waals surface area contributed by atoms with Gasteiger partial charge in [0.15, 0.2) is 0 Å². The summed E-state index contributed by atoms with van der Waals surface area (Å²) in [7, 11) is 0. The molecule has 5 nitrogen and oxygen atoms in total. The average Bonchev–Trinajstić information content (AvgIpc) is 2.93. The molecule has 4 unspecified atom stereocenters. The number of hydrogen-bond acceptors (Lipinski definition) is 3. The van der Waals surface area contributed by atoms with Crippen LogP contribution in [0.15, 0.2) is 0 Å². The third-order valence-electron chi connectivity index (χ3n) is 4.63. The van der Waals surface area contributed by atoms with Gasteiger partial charge in [-0.3, -0.25) is 9.59 Å². The number of hydrogen-bond donors (Lipinski definition) is 2. The van der Waals surface area contributed by atoms with Gasteiger partial charge in [0.1, 0.15) is 0 Å². The van der Waals surface area contributed by atoms with Gasteiger partial charge < -0.3 is 15.7 Å². The first-order chi connectivity index (χ1) is 8.56. The van der Waals surface area contributed by atoms with E-state index in [1.54, 1.807) is 4.90 Å². The van der Waals surface area contributed by atoms with Gasteiger partial charge in [-0.05, 0) is 38.6 Å². The largest absolute Gasteiger partial charge is 0.481 e. The van der Waals surface area contributed by atoms with Gasteiger partial charge in [0.2, 0.25) is 5.91 Å². The Kier molecular flexibility index (Phi) is 3.90. The second-order valence-corrected chi connectivity index (χ2v) is 5.54. The van der Waals surface area contributed by atoms with Crippen molar-refractivity contribution in [3.63, 3.8) is 0 Å². The maximum absolute atomic E-state index is 12.5. The lowest BCUT2D eigenvalue weighted by Crippen LogP contribution is -2.42. The number of aliphatic carboxylic acids is 1. The number of carbonyl (C=O) groups is 2. The average molecular weight is 254 g/mol. The van der Waals surface area contributed by atoms with Crippen LogP contribution < -0.4 is 5.73 Å². The monoisotopic (exact) mass is 254 g/mol. The van der Waals surface area contributed by atoms with Gasteiger partial charge in [-0.25, -0.2) is 0 Å². The molecule has 3 N–H and O–H groups in total. The van der Waals surface area contributed by atoms with Crippen molar-refractivity contribution in [1.29, 1.82) is 0 Å². The van der Waals surface area contributed by atoms with Crippen molar-refractivity contribution in [2.75, 3.05) is 13.1 Å². The summed E-state index contributed by atoms with van der Waals surface area (Å²) in [5.41, 5.74) is 5.71. The lowest BCUT2D eigenvalue weighted by molar-refractivity contribution is -0.143. The molecule has 0 bridgehead atoms. The van der Waals surface area contributed by atoms with E-state index in [4.69, 9.17) is 10.8 Å². The molecule has 1 saturated carbocycles. The highest BCUT2D eigenvalue weighted by Gasteiger charge is 2.42. The van der Waals surface area contributed by atoms with Crippen molar-refractivity contribution in [1.82, 2.24) is 4.90 Å². The molecule has 1 aliphatic heterocycles. The Morgan fingerprint density at radius 2 is 2.00 bits per heavy atom. The minimum atomic E-state index is -0.792. The third kappa shape index (κ3) is 2.23. The third-order valence-corrected chi connectivity index (χ3v) is 4.63. The molecule has 1 amide bonds. The SMILES string of the molecule is CC1C(C(=O)O)CCN1C(=O)C1CCCC1CN. The van der Waals surface area contributed by atoms with Crippen LogP contribution in [-0.2, 0) is 9.59 Å². The summed E-state index contributed by atoms with van der Waals surface area (Å²) in [6.07, 6.45) is 3.56. The summed E-state index contributed by atoms with van der Waals surface area (Å²) in [5, 5.41) is 9.09. The van der Waals surface area contributed by atoms with Crippen molar-refractivity contribution in [3.05, 3.63) is 0 Å². The number of nitrogens with two attached hydrogens (primary N) is 1. The number of rotatable bonds is 3. The summed E-state index contributed by atoms with van der Waals surface area (Å²) in [5.74, 6) is -0.774. The maximum Gasteiger partial charge on any atom is 0.308 e. The van der Waals surface area contributed by atoms with E-state index in [1.165, 1.54) is 0 Å². The molecule has 5 heteroatoms. The summed E-state index contributed by atoms with van der Waals surface area (Å²) < 4.78 is 0. The number of likely N-dealkylation sites (tertiary alicyclic amines) is 1. The quantitative estimate of drug-likeness (QED) is 0.776. The van der Waals surface area contributed by atoms with Gasteiger partial charge in [-0.1, -0.05) is 6.42 Å². The number of nitrogens with zero attached hydrogens (tertiary/aromatic N) is 1. The number of carbonyl (C=O) groups excluding carboxylic acids is 1. The fourth-order valence-electron chi connectivity index (χ4n) is 3.44. The van der Waals surface area contributed by atoms with Gasteiger partial charge in [0.05, 0.1) is 5.92 Å². The van der Waals surface area contributed by atoms with Crippen LogP contribution in [-0.4, -0.2) is 41.0 Å². The van der Waals surface area contributed by atoms with Gasteiger partial charge in [0, 0.05) is 18.5 Å². The van der Waals surface area contributed by atoms with Crippen LogP contribution in [0, 0.1) is 17.8 Å². The molecule has 0 aromatic heterocycles. The second-order valence-electron chi connectivity index (χ2n) is 5.54. The lowest BCUT2D eigenvalue weighted by Gasteiger charge is -2.28. The zero-order chi connectivity index (χ0) is 13.3. The molecule has 0 spiro atoms. The Hall–Kier alpha value is -1.10. The zero-order valence-electron chi connectivity index (χ0n) is 10.8. The van der Waals surface area contributed by atoms with Crippen LogP contribution in [0.5, 0.6) is 0 Å². The molecule has 1 aliphatic carbocycles. The first-order valence-corrected chi connectivity index (χ1v) is 6.79. The normalized spacial score (nSPS) is 36.0. The second kappa shape index (κ2) is 5.26. The van der Waals surface area contributed by atoms with Gasteiger partial charge >= 0.3 is 5.97 Å². The Labute approximate surface area is 107 Å². The summed E-state index contributed by atoms with van der Waals surface area (Å²) in [4.78, 5) is 25.3. The van der Waals surface area contributed by atoms with E-state index in [1.807, 2.05) is 6.92 Å². The van der Waals surface area contributed by atoms with Gasteiger partial charge in [-0.2, -0.15) is 0 Å². The predicted octanol–water partition coefficient (Wildman–Crippen LogP) is 0.683. The first-order valence-electron chi connectivity index (χ1n) is 6.79. The van der Waals surface area contributed by atoms with E-state index in [0.717, 1.165) is 19.3 Å². The maximum atomic E-state index is 12.5. The standard InChI is InChI=1S/C13H22N2O3/c1-8-10(13(17)18)5-6-15(8)12(16)11-4-2-3-9(11)7-14/h8-11H,2-7,14H2,1H3,(H,17,18). The van der Waals surface area contributed by atoms with Crippen molar-refractivity contribution in [3.8, 4) is 0 Å². The molecule has 4 atom stereocenters. The number of carboxylic acid groups (broad SMARTS) is 1. The van der Waals surface area contributed by atoms with E-state index in [9.17, 15) is 9.59 Å². The molecule has 2 rings (SSSR count). The Morgan fingerprint density at radius 3 is 2.56 bits per heavy atom. The minimum Gasteiger partial charge on any atom is -0.481 e. The lowest BCUT2D eigenvalue weighted by atomic mass is 9.94. The fraction of sp³-hybridized carbons (Fsp3) is 0.846. The van der Waals surface area contributed by atoms with Crippen LogP contribution in [0.4, 0.5) is 0 Å². The van der Waals surface area contributed by atoms with E-state index in [2.05, 4.69) is 0 Å². The molecule has 2 fully saturated rings. The van der Waals surface area contributed by atoms with Crippen molar-refractivity contribution < 1.29 is 14.7 Å². The van der Waals surface area contributed by atoms with Gasteiger partial charge in [0.25, 0.3) is 0 Å². The topological polar surface area (TPSA) is 83.6 Å². The van der Waals surface area contributed by atoms with Crippen LogP contribution in [0.3, 0.4) is 0 Å². The Balaban J connectivity index is 2.04. The van der Waals surface area contributed by atoms with Crippen LogP contribution >= 0.6 is 0 Å². The summed E-state index contributed by atoms with van der Waals surface area (Å²) in [6.45, 7) is 2.97. The molecule has 0 aromatic carbocycles. The predicted molar refractivity (Wildman–Crippen MR) is 66.8 cm³/mol. The highest BCUT2D eigenvalue weighted by Crippen LogP contribution is 2.35. The van der Waals surface area contributed by atoms with Crippen molar-refractivity contribution >= 4 is 11.9 Å². The molecule has 1 saturated heterocycles. The molecule has 18 heavy (non-hydrogen) atoms. The molecule has 2 aliphatic rings. The summed E-state index contributed by atoms with van der Waals surface area (Å²) in [6, 6.07) is -0.186. The molecule has 0 aromatic rings. The minimum absolute atomic E-state index is 0.0185. The summed E-state index contributed by atoms with van der Waals surface area (Å²) >= 11 is 0. The molecule has 0 radical (unpaired) electrons. The highest BCUT2D eigenvalue weighted by molar-refractivity contribution is 5.82. The van der Waals surface area contributed by atoms with Crippen molar-refractivity contribution in [2.24, 2.45) is 23.5 Å². The molecular formula is C13H22N2O3. The Bertz CT molecular complexity index is 345. The van der Waals surface area contributed by atoms with Gasteiger partial charge in [-0.15, -0.1) is 0 Å². The Morgan fingerprint density at radius 1 is 1.28 bits per heavy atom. The first kappa shape index (κ1) is 13.3. The molecule has 102 valence electrons. The van der Waals surface area contributed by atoms with Crippen LogP contribution in [0.2, 0.25) is 0 Å². The van der Waals surface area contributed by atoms with E-state index in [0.29, 0.717) is 19.5 Å². The number of amides is 1. The van der Waals surface area contributed by atoms with Crippen LogP contribution in [0.25, 0.3) is 0 Å². The fourth-order valence-corrected chi connectivity index (χ4v) is 3.44. The molecule has 1 heterocycles. The zero-order valence-corrected chi connectivity index (χ0v) is 10.8. The number of carboxylic acids is 1. The molecular weight excluding hydrogens is 232 g/mol. The van der Waals surface area contributed by atoms with E-state index in [-0.39, 0.29) is 23.8 Å². The van der Waals surface area contributed by atoms with E-state index < -0.39 is 11.9 Å².